The number of amides is 1. The molecule has 1 N–H and O–H groups in total. The molecule has 0 saturated carbocycles. The molecule has 6 nitrogen and oxygen atoms in total. The highest BCUT2D eigenvalue weighted by Crippen LogP contribution is 2.34. The maximum absolute atomic E-state index is 12.7. The fourth-order valence-corrected chi connectivity index (χ4v) is 3.92. The summed E-state index contributed by atoms with van der Waals surface area (Å²) in [6, 6.07) is 19.5. The van der Waals surface area contributed by atoms with Crippen LogP contribution in [0.3, 0.4) is 0 Å². The number of likely N-dealkylation sites (N-methyl/N-ethyl adjacent to an activating group) is 1. The van der Waals surface area contributed by atoms with Crippen LogP contribution < -0.4 is 5.69 Å². The van der Waals surface area contributed by atoms with Gasteiger partial charge in [-0.05, 0) is 17.5 Å². The summed E-state index contributed by atoms with van der Waals surface area (Å²) in [5, 5.41) is 6.71. The minimum Gasteiger partial charge on any atom is -0.348 e. The molecule has 3 rings (SSSR count). The average molecular weight is 382 g/mol. The molecule has 1 unspecified atom stereocenters. The normalized spacial score (nSPS) is 11.9. The summed E-state index contributed by atoms with van der Waals surface area (Å²) in [6.07, 6.45) is 0.714. The number of carbonyl (C=O) groups is 1. The van der Waals surface area contributed by atoms with Crippen LogP contribution in [0.25, 0.3) is 0 Å². The first-order valence-electron chi connectivity index (χ1n) is 8.68. The van der Waals surface area contributed by atoms with Crippen molar-refractivity contribution in [2.45, 2.75) is 23.4 Å². The first-order chi connectivity index (χ1) is 13.1. The van der Waals surface area contributed by atoms with Crippen molar-refractivity contribution in [1.29, 1.82) is 0 Å². The molecule has 1 aromatic heterocycles. The zero-order valence-corrected chi connectivity index (χ0v) is 16.1. The van der Waals surface area contributed by atoms with Gasteiger partial charge >= 0.3 is 5.69 Å². The molecule has 3 aromatic rings. The molecule has 27 heavy (non-hydrogen) atoms. The lowest BCUT2D eigenvalue weighted by atomic mass is 10.1. The van der Waals surface area contributed by atoms with Gasteiger partial charge in [0.05, 0.1) is 0 Å². The molecular formula is C20H22N4O2S. The van der Waals surface area contributed by atoms with Crippen molar-refractivity contribution >= 4 is 17.7 Å². The molecular weight excluding hydrogens is 360 g/mol. The van der Waals surface area contributed by atoms with E-state index < -0.39 is 5.25 Å². The molecule has 1 heterocycles. The van der Waals surface area contributed by atoms with Gasteiger partial charge in [-0.25, -0.2) is 9.89 Å². The third kappa shape index (κ3) is 4.68. The van der Waals surface area contributed by atoms with Crippen LogP contribution in [0.2, 0.25) is 0 Å². The van der Waals surface area contributed by atoms with E-state index in [0.29, 0.717) is 18.1 Å². The predicted molar refractivity (Wildman–Crippen MR) is 107 cm³/mol. The Bertz CT molecular complexity index is 935. The summed E-state index contributed by atoms with van der Waals surface area (Å²) in [7, 11) is 3.46. The summed E-state index contributed by atoms with van der Waals surface area (Å²) in [5.74, 6) is -0.0451. The summed E-state index contributed by atoms with van der Waals surface area (Å²) in [6.45, 7) is 0.499. The molecule has 0 aliphatic carbocycles. The fourth-order valence-electron chi connectivity index (χ4n) is 2.70. The second-order valence-electron chi connectivity index (χ2n) is 6.34. The lowest BCUT2D eigenvalue weighted by Crippen LogP contribution is -2.27. The van der Waals surface area contributed by atoms with Crippen LogP contribution >= 0.6 is 11.8 Å². The van der Waals surface area contributed by atoms with E-state index in [2.05, 4.69) is 10.2 Å². The Kier molecular flexibility index (Phi) is 6.13. The van der Waals surface area contributed by atoms with Crippen LogP contribution in [0.15, 0.2) is 70.6 Å². The van der Waals surface area contributed by atoms with Crippen molar-refractivity contribution in [2.75, 3.05) is 14.1 Å². The van der Waals surface area contributed by atoms with Gasteiger partial charge in [0, 0.05) is 20.6 Å². The molecule has 2 aromatic carbocycles. The van der Waals surface area contributed by atoms with Gasteiger partial charge in [0.1, 0.15) is 5.25 Å². The van der Waals surface area contributed by atoms with Gasteiger partial charge in [-0.15, -0.1) is 5.10 Å². The van der Waals surface area contributed by atoms with Gasteiger partial charge < -0.3 is 4.90 Å². The average Bonchev–Trinajstić information content (AvgIpc) is 3.04. The van der Waals surface area contributed by atoms with Crippen LogP contribution in [0, 0.1) is 0 Å². The molecule has 0 bridgehead atoms. The Morgan fingerprint density at radius 1 is 1.11 bits per heavy atom. The Hall–Kier alpha value is -2.80. The third-order valence-electron chi connectivity index (χ3n) is 4.18. The van der Waals surface area contributed by atoms with Crippen molar-refractivity contribution in [3.05, 3.63) is 82.3 Å². The monoisotopic (exact) mass is 382 g/mol. The zero-order chi connectivity index (χ0) is 19.2. The Labute approximate surface area is 162 Å². The van der Waals surface area contributed by atoms with Crippen molar-refractivity contribution in [3.8, 4) is 0 Å². The van der Waals surface area contributed by atoms with E-state index in [-0.39, 0.29) is 11.6 Å². The predicted octanol–water partition coefficient (Wildman–Crippen LogP) is 2.74. The number of aryl methyl sites for hydroxylation is 1. The number of thioether (sulfide) groups is 1. The van der Waals surface area contributed by atoms with Crippen molar-refractivity contribution < 1.29 is 4.79 Å². The SMILES string of the molecule is CN(C)C(=O)C(Sc1n[nH]c(=O)n1CCc1ccccc1)c1ccccc1. The van der Waals surface area contributed by atoms with Crippen LogP contribution in [0.5, 0.6) is 0 Å². The molecule has 0 aliphatic heterocycles. The number of benzene rings is 2. The number of H-pyrrole nitrogens is 1. The van der Waals surface area contributed by atoms with E-state index in [1.54, 1.807) is 23.6 Å². The summed E-state index contributed by atoms with van der Waals surface area (Å²) in [5.41, 5.74) is 1.76. The number of nitrogens with zero attached hydrogens (tertiary/aromatic N) is 3. The van der Waals surface area contributed by atoms with Gasteiger partial charge in [0.25, 0.3) is 0 Å². The van der Waals surface area contributed by atoms with Crippen LogP contribution in [0.1, 0.15) is 16.4 Å². The topological polar surface area (TPSA) is 71.0 Å². The van der Waals surface area contributed by atoms with Crippen molar-refractivity contribution in [1.82, 2.24) is 19.7 Å². The van der Waals surface area contributed by atoms with E-state index in [4.69, 9.17) is 0 Å². The maximum atomic E-state index is 12.7. The third-order valence-corrected chi connectivity index (χ3v) is 5.41. The highest BCUT2D eigenvalue weighted by atomic mass is 32.2. The van der Waals surface area contributed by atoms with E-state index in [0.717, 1.165) is 11.1 Å². The van der Waals surface area contributed by atoms with Crippen molar-refractivity contribution in [3.63, 3.8) is 0 Å². The second-order valence-corrected chi connectivity index (χ2v) is 7.41. The molecule has 0 saturated heterocycles. The van der Waals surface area contributed by atoms with Crippen molar-refractivity contribution in [2.24, 2.45) is 0 Å². The standard InChI is InChI=1S/C20H22N4O2S/c1-23(2)18(25)17(16-11-7-4-8-12-16)27-20-22-21-19(26)24(20)14-13-15-9-5-3-6-10-15/h3-12,17H,13-14H2,1-2H3,(H,21,26). The van der Waals surface area contributed by atoms with Gasteiger partial charge in [-0.3, -0.25) is 9.36 Å². The summed E-state index contributed by atoms with van der Waals surface area (Å²) < 4.78 is 1.59. The highest BCUT2D eigenvalue weighted by Gasteiger charge is 2.26. The van der Waals surface area contributed by atoms with E-state index in [1.165, 1.54) is 11.8 Å². The van der Waals surface area contributed by atoms with Gasteiger partial charge in [-0.2, -0.15) is 0 Å². The molecule has 140 valence electrons. The first-order valence-corrected chi connectivity index (χ1v) is 9.56. The Morgan fingerprint density at radius 3 is 2.37 bits per heavy atom. The summed E-state index contributed by atoms with van der Waals surface area (Å²) in [4.78, 5) is 26.5. The second kappa shape index (κ2) is 8.73. The number of nitrogens with one attached hydrogen (secondary N) is 1. The zero-order valence-electron chi connectivity index (χ0n) is 15.3. The van der Waals surface area contributed by atoms with Crippen LogP contribution in [-0.4, -0.2) is 39.7 Å². The summed E-state index contributed by atoms with van der Waals surface area (Å²) >= 11 is 1.29. The smallest absolute Gasteiger partial charge is 0.343 e. The molecule has 0 spiro atoms. The van der Waals surface area contributed by atoms with E-state index >= 15 is 0 Å². The molecule has 0 fully saturated rings. The highest BCUT2D eigenvalue weighted by molar-refractivity contribution is 8.00. The van der Waals surface area contributed by atoms with E-state index in [1.807, 2.05) is 60.7 Å². The molecule has 1 amide bonds. The number of carbonyl (C=O) groups excluding carboxylic acids is 1. The number of aromatic amines is 1. The number of rotatable bonds is 7. The van der Waals surface area contributed by atoms with Crippen LogP contribution in [0.4, 0.5) is 0 Å². The lowest BCUT2D eigenvalue weighted by molar-refractivity contribution is -0.128. The number of hydrogen-bond donors (Lipinski definition) is 1. The van der Waals surface area contributed by atoms with Gasteiger partial charge in [-0.1, -0.05) is 72.4 Å². The van der Waals surface area contributed by atoms with E-state index in [9.17, 15) is 9.59 Å². The van der Waals surface area contributed by atoms with Gasteiger partial charge in [0.2, 0.25) is 5.91 Å². The maximum Gasteiger partial charge on any atom is 0.343 e. The lowest BCUT2D eigenvalue weighted by Gasteiger charge is -2.20. The van der Waals surface area contributed by atoms with Gasteiger partial charge in [0.15, 0.2) is 5.16 Å². The quantitative estimate of drug-likeness (QED) is 0.638. The number of hydrogen-bond acceptors (Lipinski definition) is 4. The number of aromatic nitrogens is 3. The fraction of sp³-hybridized carbons (Fsp3) is 0.250. The van der Waals surface area contributed by atoms with Crippen LogP contribution in [-0.2, 0) is 17.8 Å². The Balaban J connectivity index is 1.84. The molecule has 7 heteroatoms. The minimum atomic E-state index is -0.466. The molecule has 1 atom stereocenters. The molecule has 0 aliphatic rings. The Morgan fingerprint density at radius 2 is 1.74 bits per heavy atom. The minimum absolute atomic E-state index is 0.0451. The molecule has 0 radical (unpaired) electrons. The largest absolute Gasteiger partial charge is 0.348 e. The first kappa shape index (κ1) is 19.0.